The molecule has 0 aliphatic heterocycles. The molecule has 2 aromatic rings. The first-order valence-electron chi connectivity index (χ1n) is 9.59. The maximum absolute atomic E-state index is 13.4. The SMILES string of the molecule is CC(C(C(=O)Nc1cccc(CC2CC2)c1)c1ccc(C(F)(F)F)cc1)C(F)(F)F. The van der Waals surface area contributed by atoms with Crippen LogP contribution >= 0.6 is 0 Å². The molecule has 0 aromatic heterocycles. The molecule has 1 amide bonds. The normalized spacial score (nSPS) is 16.8. The third-order valence-corrected chi connectivity index (χ3v) is 5.31. The van der Waals surface area contributed by atoms with Crippen LogP contribution < -0.4 is 5.32 Å². The molecule has 3 rings (SSSR count). The van der Waals surface area contributed by atoms with E-state index in [-0.39, 0.29) is 5.56 Å². The van der Waals surface area contributed by atoms with Gasteiger partial charge >= 0.3 is 12.4 Å². The van der Waals surface area contributed by atoms with Crippen LogP contribution in [0, 0.1) is 11.8 Å². The van der Waals surface area contributed by atoms with Gasteiger partial charge in [0.05, 0.1) is 17.4 Å². The molecule has 0 saturated heterocycles. The van der Waals surface area contributed by atoms with Crippen molar-refractivity contribution in [1.29, 1.82) is 0 Å². The lowest BCUT2D eigenvalue weighted by Crippen LogP contribution is -2.34. The average molecular weight is 429 g/mol. The minimum Gasteiger partial charge on any atom is -0.326 e. The second-order valence-corrected chi connectivity index (χ2v) is 7.76. The van der Waals surface area contributed by atoms with Gasteiger partial charge in [-0.2, -0.15) is 26.3 Å². The zero-order chi connectivity index (χ0) is 22.1. The van der Waals surface area contributed by atoms with Gasteiger partial charge < -0.3 is 5.32 Å². The molecule has 0 spiro atoms. The predicted octanol–water partition coefficient (Wildman–Crippen LogP) is 6.58. The highest BCUT2D eigenvalue weighted by Gasteiger charge is 2.45. The maximum atomic E-state index is 13.4. The van der Waals surface area contributed by atoms with E-state index in [0.717, 1.165) is 43.9 Å². The van der Waals surface area contributed by atoms with Crippen LogP contribution in [0.3, 0.4) is 0 Å². The minimum absolute atomic E-state index is 0.125. The molecule has 30 heavy (non-hydrogen) atoms. The van der Waals surface area contributed by atoms with Crippen molar-refractivity contribution in [3.8, 4) is 0 Å². The molecule has 0 bridgehead atoms. The van der Waals surface area contributed by atoms with E-state index >= 15 is 0 Å². The number of rotatable bonds is 6. The summed E-state index contributed by atoms with van der Waals surface area (Å²) in [6.45, 7) is 0.853. The van der Waals surface area contributed by atoms with Crippen LogP contribution in [0.15, 0.2) is 48.5 Å². The average Bonchev–Trinajstić information content (AvgIpc) is 3.45. The van der Waals surface area contributed by atoms with Crippen LogP contribution in [-0.2, 0) is 17.4 Å². The van der Waals surface area contributed by atoms with Crippen molar-refractivity contribution in [2.75, 3.05) is 5.32 Å². The molecule has 2 unspecified atom stereocenters. The Hall–Kier alpha value is -2.51. The summed E-state index contributed by atoms with van der Waals surface area (Å²) in [5.74, 6) is -4.08. The first-order chi connectivity index (χ1) is 13.9. The molecule has 162 valence electrons. The Bertz CT molecular complexity index is 884. The number of amides is 1. The molecular weight excluding hydrogens is 408 g/mol. The summed E-state index contributed by atoms with van der Waals surface area (Å²) in [7, 11) is 0. The largest absolute Gasteiger partial charge is 0.416 e. The van der Waals surface area contributed by atoms with E-state index in [0.29, 0.717) is 23.7 Å². The Morgan fingerprint density at radius 2 is 1.67 bits per heavy atom. The lowest BCUT2D eigenvalue weighted by molar-refractivity contribution is -0.178. The summed E-state index contributed by atoms with van der Waals surface area (Å²) in [6, 6.07) is 10.1. The summed E-state index contributed by atoms with van der Waals surface area (Å²) in [5.41, 5.74) is 0.229. The first-order valence-corrected chi connectivity index (χ1v) is 9.59. The third-order valence-electron chi connectivity index (χ3n) is 5.31. The first kappa shape index (κ1) is 22.2. The summed E-state index contributed by atoms with van der Waals surface area (Å²) < 4.78 is 78.6. The molecule has 2 atom stereocenters. The van der Waals surface area contributed by atoms with Crippen molar-refractivity contribution in [1.82, 2.24) is 0 Å². The van der Waals surface area contributed by atoms with E-state index in [4.69, 9.17) is 0 Å². The number of alkyl halides is 6. The van der Waals surface area contributed by atoms with Gasteiger partial charge in [0.25, 0.3) is 0 Å². The number of hydrogen-bond donors (Lipinski definition) is 1. The Kier molecular flexibility index (Phi) is 6.15. The molecule has 1 saturated carbocycles. The summed E-state index contributed by atoms with van der Waals surface area (Å²) >= 11 is 0. The van der Waals surface area contributed by atoms with Gasteiger partial charge in [-0.1, -0.05) is 31.2 Å². The molecule has 1 aliphatic carbocycles. The Morgan fingerprint density at radius 1 is 1.03 bits per heavy atom. The number of carbonyl (C=O) groups is 1. The van der Waals surface area contributed by atoms with Gasteiger partial charge in [0.1, 0.15) is 0 Å². The van der Waals surface area contributed by atoms with E-state index in [2.05, 4.69) is 5.32 Å². The molecule has 2 aromatic carbocycles. The zero-order valence-electron chi connectivity index (χ0n) is 16.1. The van der Waals surface area contributed by atoms with Gasteiger partial charge in [0, 0.05) is 5.69 Å². The van der Waals surface area contributed by atoms with E-state index in [1.807, 2.05) is 6.07 Å². The highest BCUT2D eigenvalue weighted by atomic mass is 19.4. The van der Waals surface area contributed by atoms with Crippen molar-refractivity contribution >= 4 is 11.6 Å². The molecule has 1 fully saturated rings. The van der Waals surface area contributed by atoms with Gasteiger partial charge in [-0.3, -0.25) is 4.79 Å². The van der Waals surface area contributed by atoms with Crippen LogP contribution in [0.4, 0.5) is 32.0 Å². The fourth-order valence-electron chi connectivity index (χ4n) is 3.39. The van der Waals surface area contributed by atoms with Gasteiger partial charge in [0.2, 0.25) is 5.91 Å². The van der Waals surface area contributed by atoms with Crippen LogP contribution in [0.5, 0.6) is 0 Å². The smallest absolute Gasteiger partial charge is 0.326 e. The molecule has 0 radical (unpaired) electrons. The lowest BCUT2D eigenvalue weighted by Gasteiger charge is -2.26. The minimum atomic E-state index is -4.70. The van der Waals surface area contributed by atoms with Crippen LogP contribution in [0.2, 0.25) is 0 Å². The number of halogens is 6. The van der Waals surface area contributed by atoms with Crippen molar-refractivity contribution < 1.29 is 31.1 Å². The number of carbonyl (C=O) groups excluding carboxylic acids is 1. The molecule has 2 nitrogen and oxygen atoms in total. The standard InChI is InChI=1S/C22H21F6NO/c1-13(21(23,24)25)19(16-7-9-17(10-8-16)22(26,27)28)20(30)29-18-4-2-3-15(12-18)11-14-5-6-14/h2-4,7-10,12-14,19H,5-6,11H2,1H3,(H,29,30). The summed E-state index contributed by atoms with van der Waals surface area (Å²) in [5, 5.41) is 2.51. The van der Waals surface area contributed by atoms with Gasteiger partial charge in [0.15, 0.2) is 0 Å². The maximum Gasteiger partial charge on any atom is 0.416 e. The van der Waals surface area contributed by atoms with Crippen molar-refractivity contribution in [3.05, 3.63) is 65.2 Å². The van der Waals surface area contributed by atoms with Crippen molar-refractivity contribution in [2.24, 2.45) is 11.8 Å². The number of benzene rings is 2. The highest BCUT2D eigenvalue weighted by molar-refractivity contribution is 5.96. The Morgan fingerprint density at radius 3 is 2.20 bits per heavy atom. The lowest BCUT2D eigenvalue weighted by atomic mass is 9.85. The van der Waals surface area contributed by atoms with Gasteiger partial charge in [-0.25, -0.2) is 0 Å². The molecule has 1 aliphatic rings. The predicted molar refractivity (Wildman–Crippen MR) is 101 cm³/mol. The number of hydrogen-bond acceptors (Lipinski definition) is 1. The molecule has 0 heterocycles. The summed E-state index contributed by atoms with van der Waals surface area (Å²) in [4.78, 5) is 12.8. The van der Waals surface area contributed by atoms with Gasteiger partial charge in [-0.15, -0.1) is 0 Å². The topological polar surface area (TPSA) is 29.1 Å². The fraction of sp³-hybridized carbons (Fsp3) is 0.409. The van der Waals surface area contributed by atoms with E-state index in [1.54, 1.807) is 18.2 Å². The monoisotopic (exact) mass is 429 g/mol. The van der Waals surface area contributed by atoms with E-state index in [9.17, 15) is 31.1 Å². The quantitative estimate of drug-likeness (QED) is 0.517. The Labute approximate surface area is 170 Å². The third kappa shape index (κ3) is 5.55. The molecular formula is C22H21F6NO. The number of anilines is 1. The van der Waals surface area contributed by atoms with Gasteiger partial charge in [-0.05, 0) is 60.6 Å². The van der Waals surface area contributed by atoms with Crippen molar-refractivity contribution in [3.63, 3.8) is 0 Å². The van der Waals surface area contributed by atoms with Crippen LogP contribution in [0.25, 0.3) is 0 Å². The van der Waals surface area contributed by atoms with Crippen LogP contribution in [-0.4, -0.2) is 12.1 Å². The zero-order valence-corrected chi connectivity index (χ0v) is 16.1. The second kappa shape index (κ2) is 8.32. The second-order valence-electron chi connectivity index (χ2n) is 7.76. The molecule has 8 heteroatoms. The fourth-order valence-corrected chi connectivity index (χ4v) is 3.39. The van der Waals surface area contributed by atoms with E-state index in [1.165, 1.54) is 0 Å². The highest BCUT2D eigenvalue weighted by Crippen LogP contribution is 2.39. The van der Waals surface area contributed by atoms with Crippen molar-refractivity contribution in [2.45, 2.75) is 44.5 Å². The van der Waals surface area contributed by atoms with E-state index < -0.39 is 35.7 Å². The number of nitrogens with one attached hydrogen (secondary N) is 1. The Balaban J connectivity index is 1.85. The summed E-state index contributed by atoms with van der Waals surface area (Å²) in [6.07, 6.45) is -6.21. The van der Waals surface area contributed by atoms with Crippen LogP contribution in [0.1, 0.15) is 42.4 Å². The molecule has 1 N–H and O–H groups in total.